The third kappa shape index (κ3) is 4.78. The lowest BCUT2D eigenvalue weighted by molar-refractivity contribution is -0.123. The molecule has 8 nitrogen and oxygen atoms in total. The van der Waals surface area contributed by atoms with Gasteiger partial charge in [-0.1, -0.05) is 0 Å². The Bertz CT molecular complexity index is 1140. The van der Waals surface area contributed by atoms with Crippen molar-refractivity contribution in [3.05, 3.63) is 58.9 Å². The largest absolute Gasteiger partial charge is 0.482 e. The molecule has 3 aromatic rings. The average molecular weight is 452 g/mol. The number of amides is 2. The van der Waals surface area contributed by atoms with E-state index in [1.807, 2.05) is 11.4 Å². The third-order valence-electron chi connectivity index (χ3n) is 4.68. The van der Waals surface area contributed by atoms with Crippen LogP contribution in [0.3, 0.4) is 0 Å². The van der Waals surface area contributed by atoms with Crippen LogP contribution in [0.4, 0.5) is 11.4 Å². The highest BCUT2D eigenvalue weighted by molar-refractivity contribution is 7.07. The molecule has 9 heteroatoms. The lowest BCUT2D eigenvalue weighted by atomic mass is 10.1. The number of nitrogens with zero attached hydrogens (tertiary/aromatic N) is 2. The molecule has 32 heavy (non-hydrogen) atoms. The van der Waals surface area contributed by atoms with Crippen molar-refractivity contribution in [2.45, 2.75) is 20.0 Å². The number of ether oxygens (including phenoxy) is 2. The molecule has 1 aliphatic heterocycles. The van der Waals surface area contributed by atoms with E-state index < -0.39 is 5.97 Å². The molecular formula is C23H21N3O5S. The number of nitrogens with one attached hydrogen (secondary N) is 1. The second-order valence-corrected chi connectivity index (χ2v) is 8.12. The van der Waals surface area contributed by atoms with Gasteiger partial charge in [-0.15, -0.1) is 11.3 Å². The Kier molecular flexibility index (Phi) is 6.18. The molecule has 2 heterocycles. The molecule has 0 radical (unpaired) electrons. The van der Waals surface area contributed by atoms with Crippen molar-refractivity contribution in [2.75, 3.05) is 23.4 Å². The van der Waals surface area contributed by atoms with E-state index in [0.717, 1.165) is 11.3 Å². The van der Waals surface area contributed by atoms with Gasteiger partial charge in [-0.25, -0.2) is 9.78 Å². The lowest BCUT2D eigenvalue weighted by Crippen LogP contribution is -2.43. The van der Waals surface area contributed by atoms with Gasteiger partial charge < -0.3 is 14.8 Å². The molecule has 0 saturated carbocycles. The Morgan fingerprint density at radius 2 is 2.00 bits per heavy atom. The predicted octanol–water partition coefficient (Wildman–Crippen LogP) is 3.74. The highest BCUT2D eigenvalue weighted by Gasteiger charge is 2.28. The zero-order valence-corrected chi connectivity index (χ0v) is 18.3. The molecule has 0 spiro atoms. The summed E-state index contributed by atoms with van der Waals surface area (Å²) < 4.78 is 10.7. The summed E-state index contributed by atoms with van der Waals surface area (Å²) in [6.07, 6.45) is -0.216. The number of hydrogen-bond donors (Lipinski definition) is 1. The topological polar surface area (TPSA) is 97.8 Å². The van der Waals surface area contributed by atoms with E-state index in [1.54, 1.807) is 55.8 Å². The fourth-order valence-electron chi connectivity index (χ4n) is 3.21. The van der Waals surface area contributed by atoms with Gasteiger partial charge in [0, 0.05) is 16.6 Å². The van der Waals surface area contributed by atoms with Gasteiger partial charge in [0.15, 0.2) is 6.61 Å². The molecular weight excluding hydrogens is 430 g/mol. The van der Waals surface area contributed by atoms with Gasteiger partial charge >= 0.3 is 5.97 Å². The summed E-state index contributed by atoms with van der Waals surface area (Å²) in [5.41, 5.74) is 4.77. The van der Waals surface area contributed by atoms with Gasteiger partial charge in [0.1, 0.15) is 12.3 Å². The van der Waals surface area contributed by atoms with Crippen LogP contribution in [0.1, 0.15) is 24.2 Å². The standard InChI is InChI=1S/C23H21N3O5S/c1-14(2)31-23(29)15-3-6-17(7-4-15)25-21(27)10-26-19-9-16(18-12-32-13-24-18)5-8-20(19)30-11-22(26)28/h3-9,12-14H,10-11H2,1-2H3,(H,25,27). The van der Waals surface area contributed by atoms with Crippen LogP contribution in [0, 0.1) is 0 Å². The number of esters is 1. The van der Waals surface area contributed by atoms with Crippen LogP contribution in [0.25, 0.3) is 11.3 Å². The van der Waals surface area contributed by atoms with Crippen LogP contribution in [-0.4, -0.2) is 42.0 Å². The molecule has 0 bridgehead atoms. The van der Waals surface area contributed by atoms with E-state index in [9.17, 15) is 14.4 Å². The van der Waals surface area contributed by atoms with Gasteiger partial charge in [0.2, 0.25) is 5.91 Å². The Morgan fingerprint density at radius 1 is 1.22 bits per heavy atom. The number of aromatic nitrogens is 1. The molecule has 2 aromatic carbocycles. The van der Waals surface area contributed by atoms with E-state index in [0.29, 0.717) is 22.7 Å². The van der Waals surface area contributed by atoms with E-state index in [4.69, 9.17) is 9.47 Å². The van der Waals surface area contributed by atoms with E-state index in [-0.39, 0.29) is 31.1 Å². The number of rotatable bonds is 6. The maximum atomic E-state index is 12.7. The molecule has 164 valence electrons. The summed E-state index contributed by atoms with van der Waals surface area (Å²) in [6.45, 7) is 3.24. The van der Waals surface area contributed by atoms with Crippen LogP contribution in [0.15, 0.2) is 53.4 Å². The summed E-state index contributed by atoms with van der Waals surface area (Å²) >= 11 is 1.47. The first kappa shape index (κ1) is 21.5. The van der Waals surface area contributed by atoms with E-state index >= 15 is 0 Å². The highest BCUT2D eigenvalue weighted by Crippen LogP contribution is 2.36. The van der Waals surface area contributed by atoms with Gasteiger partial charge in [0.05, 0.1) is 28.6 Å². The fourth-order valence-corrected chi connectivity index (χ4v) is 3.77. The van der Waals surface area contributed by atoms with Crippen molar-refractivity contribution in [3.63, 3.8) is 0 Å². The number of benzene rings is 2. The molecule has 1 N–H and O–H groups in total. The number of carbonyl (C=O) groups excluding carboxylic acids is 3. The molecule has 4 rings (SSSR count). The quantitative estimate of drug-likeness (QED) is 0.574. The molecule has 0 fully saturated rings. The molecule has 0 saturated heterocycles. The SMILES string of the molecule is CC(C)OC(=O)c1ccc(NC(=O)CN2C(=O)COc3ccc(-c4cscn4)cc32)cc1. The number of fused-ring (bicyclic) bond motifs is 1. The molecule has 1 aliphatic rings. The number of anilines is 2. The minimum Gasteiger partial charge on any atom is -0.482 e. The maximum absolute atomic E-state index is 12.7. The predicted molar refractivity (Wildman–Crippen MR) is 121 cm³/mol. The highest BCUT2D eigenvalue weighted by atomic mass is 32.1. The fraction of sp³-hybridized carbons (Fsp3) is 0.217. The van der Waals surface area contributed by atoms with Crippen LogP contribution >= 0.6 is 11.3 Å². The van der Waals surface area contributed by atoms with E-state index in [1.165, 1.54) is 16.2 Å². The second-order valence-electron chi connectivity index (χ2n) is 7.40. The molecule has 0 aliphatic carbocycles. The Balaban J connectivity index is 1.47. The van der Waals surface area contributed by atoms with Crippen LogP contribution in [0.2, 0.25) is 0 Å². The van der Waals surface area contributed by atoms with Gasteiger partial charge in [-0.3, -0.25) is 14.5 Å². The minimum absolute atomic E-state index is 0.136. The van der Waals surface area contributed by atoms with E-state index in [2.05, 4.69) is 10.3 Å². The normalized spacial score (nSPS) is 12.8. The first-order valence-corrected chi connectivity index (χ1v) is 10.9. The maximum Gasteiger partial charge on any atom is 0.338 e. The Labute approximate surface area is 188 Å². The summed E-state index contributed by atoms with van der Waals surface area (Å²) in [5.74, 6) is -0.577. The third-order valence-corrected chi connectivity index (χ3v) is 5.27. The average Bonchev–Trinajstić information content (AvgIpc) is 3.30. The summed E-state index contributed by atoms with van der Waals surface area (Å²) in [5, 5.41) is 4.66. The molecule has 0 unspecified atom stereocenters. The van der Waals surface area contributed by atoms with Gasteiger partial charge in [-0.05, 0) is 56.3 Å². The van der Waals surface area contributed by atoms with Crippen molar-refractivity contribution in [2.24, 2.45) is 0 Å². The smallest absolute Gasteiger partial charge is 0.338 e. The molecule has 1 aromatic heterocycles. The monoisotopic (exact) mass is 451 g/mol. The number of carbonyl (C=O) groups is 3. The second kappa shape index (κ2) is 9.19. The summed E-state index contributed by atoms with van der Waals surface area (Å²) in [6, 6.07) is 11.8. The van der Waals surface area contributed by atoms with Crippen LogP contribution < -0.4 is 15.0 Å². The number of hydrogen-bond acceptors (Lipinski definition) is 7. The Hall–Kier alpha value is -3.72. The Morgan fingerprint density at radius 3 is 2.69 bits per heavy atom. The zero-order valence-electron chi connectivity index (χ0n) is 17.5. The summed E-state index contributed by atoms with van der Waals surface area (Å²) in [4.78, 5) is 42.8. The molecule has 0 atom stereocenters. The van der Waals surface area contributed by atoms with Crippen molar-refractivity contribution in [3.8, 4) is 17.0 Å². The lowest BCUT2D eigenvalue weighted by Gasteiger charge is -2.29. The summed E-state index contributed by atoms with van der Waals surface area (Å²) in [7, 11) is 0. The molecule has 2 amide bonds. The number of thiazole rings is 1. The zero-order chi connectivity index (χ0) is 22.7. The first-order valence-electron chi connectivity index (χ1n) is 9.97. The van der Waals surface area contributed by atoms with Crippen molar-refractivity contribution < 1.29 is 23.9 Å². The van der Waals surface area contributed by atoms with Crippen LogP contribution in [-0.2, 0) is 14.3 Å². The van der Waals surface area contributed by atoms with Crippen molar-refractivity contribution in [1.29, 1.82) is 0 Å². The van der Waals surface area contributed by atoms with Crippen LogP contribution in [0.5, 0.6) is 5.75 Å². The van der Waals surface area contributed by atoms with Gasteiger partial charge in [0.25, 0.3) is 5.91 Å². The van der Waals surface area contributed by atoms with Gasteiger partial charge in [-0.2, -0.15) is 0 Å². The minimum atomic E-state index is -0.427. The first-order chi connectivity index (χ1) is 15.4. The van der Waals surface area contributed by atoms with Crippen molar-refractivity contribution in [1.82, 2.24) is 4.98 Å². The van der Waals surface area contributed by atoms with Crippen molar-refractivity contribution >= 4 is 40.5 Å².